The van der Waals surface area contributed by atoms with Crippen LogP contribution in [0.3, 0.4) is 0 Å². The number of ether oxygens (including phenoxy) is 1. The molecule has 2 atom stereocenters. The molecule has 1 rings (SSSR count). The first-order chi connectivity index (χ1) is 9.46. The number of hydrogen-bond donors (Lipinski definition) is 1. The summed E-state index contributed by atoms with van der Waals surface area (Å²) in [7, 11) is 1.33. The molecular weight excluding hydrogens is 264 g/mol. The Bertz CT molecular complexity index is 451. The molecule has 0 heterocycles. The van der Waals surface area contributed by atoms with E-state index in [0.717, 1.165) is 18.6 Å². The molecule has 1 aromatic rings. The largest absolute Gasteiger partial charge is 0.469 e. The van der Waals surface area contributed by atoms with Crippen LogP contribution in [0.15, 0.2) is 18.2 Å². The van der Waals surface area contributed by atoms with Crippen molar-refractivity contribution < 1.29 is 18.3 Å². The van der Waals surface area contributed by atoms with Crippen LogP contribution >= 0.6 is 0 Å². The third-order valence-electron chi connectivity index (χ3n) is 3.24. The maximum Gasteiger partial charge on any atom is 0.307 e. The van der Waals surface area contributed by atoms with Crippen molar-refractivity contribution in [1.29, 1.82) is 0 Å². The lowest BCUT2D eigenvalue weighted by Crippen LogP contribution is -2.39. The van der Waals surface area contributed by atoms with Crippen molar-refractivity contribution in [3.8, 4) is 0 Å². The molecule has 0 aromatic heterocycles. The van der Waals surface area contributed by atoms with E-state index in [0.29, 0.717) is 12.0 Å². The van der Waals surface area contributed by atoms with E-state index >= 15 is 0 Å². The van der Waals surface area contributed by atoms with Gasteiger partial charge in [0.25, 0.3) is 0 Å². The molecule has 3 nitrogen and oxygen atoms in total. The van der Waals surface area contributed by atoms with Gasteiger partial charge in [-0.3, -0.25) is 4.79 Å². The maximum atomic E-state index is 13.2. The highest BCUT2D eigenvalue weighted by molar-refractivity contribution is 5.70. The Morgan fingerprint density at radius 3 is 2.60 bits per heavy atom. The predicted molar refractivity (Wildman–Crippen MR) is 73.4 cm³/mol. The predicted octanol–water partition coefficient (Wildman–Crippen LogP) is 2.83. The summed E-state index contributed by atoms with van der Waals surface area (Å²) in [4.78, 5) is 11.4. The summed E-state index contributed by atoms with van der Waals surface area (Å²) in [5, 5.41) is 3.30. The average Bonchev–Trinajstić information content (AvgIpc) is 2.42. The van der Waals surface area contributed by atoms with Crippen LogP contribution < -0.4 is 5.32 Å². The maximum absolute atomic E-state index is 13.2. The molecule has 2 unspecified atom stereocenters. The quantitative estimate of drug-likeness (QED) is 0.783. The van der Waals surface area contributed by atoms with Crippen LogP contribution in [0.2, 0.25) is 0 Å². The second-order valence-electron chi connectivity index (χ2n) is 4.91. The van der Waals surface area contributed by atoms with E-state index in [-0.39, 0.29) is 24.5 Å². The first-order valence-electron chi connectivity index (χ1n) is 6.73. The lowest BCUT2D eigenvalue weighted by atomic mass is 10.0. The number of halogens is 2. The third kappa shape index (κ3) is 5.25. The summed E-state index contributed by atoms with van der Waals surface area (Å²) < 4.78 is 30.8. The fraction of sp³-hybridized carbons (Fsp3) is 0.533. The molecule has 0 aliphatic heterocycles. The number of nitrogens with one attached hydrogen (secondary N) is 1. The number of carbonyl (C=O) groups excluding carboxylic acids is 1. The molecule has 20 heavy (non-hydrogen) atoms. The van der Waals surface area contributed by atoms with Gasteiger partial charge in [-0.25, -0.2) is 8.78 Å². The molecule has 0 saturated carbocycles. The number of benzene rings is 1. The normalized spacial score (nSPS) is 13.8. The van der Waals surface area contributed by atoms with Crippen LogP contribution in [0, 0.1) is 11.6 Å². The molecule has 0 aliphatic rings. The minimum atomic E-state index is -0.872. The lowest BCUT2D eigenvalue weighted by molar-refractivity contribution is -0.141. The Balaban J connectivity index is 2.76. The van der Waals surface area contributed by atoms with E-state index in [1.165, 1.54) is 13.2 Å². The van der Waals surface area contributed by atoms with Gasteiger partial charge in [0.2, 0.25) is 0 Å². The first-order valence-corrected chi connectivity index (χ1v) is 6.73. The topological polar surface area (TPSA) is 38.3 Å². The Morgan fingerprint density at radius 1 is 1.35 bits per heavy atom. The van der Waals surface area contributed by atoms with Gasteiger partial charge in [-0.05, 0) is 37.5 Å². The summed E-state index contributed by atoms with van der Waals surface area (Å²) in [5.74, 6) is -2.07. The van der Waals surface area contributed by atoms with Crippen molar-refractivity contribution in [3.05, 3.63) is 35.4 Å². The third-order valence-corrected chi connectivity index (χ3v) is 3.24. The van der Waals surface area contributed by atoms with Crippen LogP contribution in [-0.4, -0.2) is 25.2 Å². The molecule has 0 radical (unpaired) electrons. The number of rotatable bonds is 7. The number of methoxy groups -OCH3 is 1. The Labute approximate surface area is 118 Å². The Kier molecular flexibility index (Phi) is 6.58. The summed E-state index contributed by atoms with van der Waals surface area (Å²) in [6.07, 6.45) is 1.55. The highest BCUT2D eigenvalue weighted by Gasteiger charge is 2.17. The minimum Gasteiger partial charge on any atom is -0.469 e. The molecule has 0 spiro atoms. The second kappa shape index (κ2) is 7.94. The number of esters is 1. The van der Waals surface area contributed by atoms with Crippen LogP contribution in [0.1, 0.15) is 32.3 Å². The van der Waals surface area contributed by atoms with Crippen molar-refractivity contribution in [1.82, 2.24) is 5.32 Å². The van der Waals surface area contributed by atoms with Crippen LogP contribution in [-0.2, 0) is 16.0 Å². The zero-order valence-electron chi connectivity index (χ0n) is 12.1. The van der Waals surface area contributed by atoms with Gasteiger partial charge >= 0.3 is 5.97 Å². The van der Waals surface area contributed by atoms with E-state index in [2.05, 4.69) is 10.1 Å². The molecule has 1 aromatic carbocycles. The van der Waals surface area contributed by atoms with Gasteiger partial charge in [0.05, 0.1) is 13.5 Å². The van der Waals surface area contributed by atoms with E-state index in [4.69, 9.17) is 0 Å². The van der Waals surface area contributed by atoms with Crippen molar-refractivity contribution in [2.45, 2.75) is 45.2 Å². The van der Waals surface area contributed by atoms with Gasteiger partial charge in [0, 0.05) is 12.1 Å². The molecule has 0 bridgehead atoms. The van der Waals surface area contributed by atoms with Crippen molar-refractivity contribution >= 4 is 5.97 Å². The van der Waals surface area contributed by atoms with Crippen molar-refractivity contribution in [3.63, 3.8) is 0 Å². The Morgan fingerprint density at radius 2 is 2.05 bits per heavy atom. The van der Waals surface area contributed by atoms with Crippen molar-refractivity contribution in [2.24, 2.45) is 0 Å². The average molecular weight is 285 g/mol. The van der Waals surface area contributed by atoms with Gasteiger partial charge in [-0.1, -0.05) is 13.0 Å². The van der Waals surface area contributed by atoms with Crippen molar-refractivity contribution in [2.75, 3.05) is 7.11 Å². The molecule has 1 N–H and O–H groups in total. The number of carbonyl (C=O) groups is 1. The summed E-state index contributed by atoms with van der Waals surface area (Å²) in [6.45, 7) is 4.04. The Hall–Kier alpha value is -1.49. The minimum absolute atomic E-state index is 0.165. The zero-order chi connectivity index (χ0) is 15.1. The highest BCUT2D eigenvalue weighted by Crippen LogP contribution is 2.13. The van der Waals surface area contributed by atoms with Gasteiger partial charge in [-0.15, -0.1) is 0 Å². The summed E-state index contributed by atoms with van der Waals surface area (Å²) in [6, 6.07) is 3.86. The monoisotopic (exact) mass is 285 g/mol. The zero-order valence-corrected chi connectivity index (χ0v) is 12.1. The van der Waals surface area contributed by atoms with Crippen LogP contribution in [0.4, 0.5) is 8.78 Å². The molecule has 0 amide bonds. The molecule has 112 valence electrons. The van der Waals surface area contributed by atoms with Gasteiger partial charge in [0.1, 0.15) is 0 Å². The van der Waals surface area contributed by atoms with E-state index < -0.39 is 11.6 Å². The summed E-state index contributed by atoms with van der Waals surface area (Å²) >= 11 is 0. The molecule has 0 aliphatic carbocycles. The van der Waals surface area contributed by atoms with E-state index in [1.807, 2.05) is 13.8 Å². The molecule has 0 saturated heterocycles. The van der Waals surface area contributed by atoms with Crippen LogP contribution in [0.25, 0.3) is 0 Å². The highest BCUT2D eigenvalue weighted by atomic mass is 19.2. The molecular formula is C15H21F2NO2. The van der Waals surface area contributed by atoms with Gasteiger partial charge < -0.3 is 10.1 Å². The standard InChI is InChI=1S/C15H21F2NO2/c1-4-10(2)18-12(9-15(19)20-3)7-11-5-6-13(16)14(17)8-11/h5-6,8,10,12,18H,4,7,9H2,1-3H3. The van der Waals surface area contributed by atoms with E-state index in [1.54, 1.807) is 0 Å². The van der Waals surface area contributed by atoms with E-state index in [9.17, 15) is 13.6 Å². The van der Waals surface area contributed by atoms with Crippen LogP contribution in [0.5, 0.6) is 0 Å². The fourth-order valence-corrected chi connectivity index (χ4v) is 1.95. The first kappa shape index (κ1) is 16.6. The molecule has 0 fully saturated rings. The smallest absolute Gasteiger partial charge is 0.307 e. The lowest BCUT2D eigenvalue weighted by Gasteiger charge is -2.22. The number of hydrogen-bond acceptors (Lipinski definition) is 3. The second-order valence-corrected chi connectivity index (χ2v) is 4.91. The SMILES string of the molecule is CCC(C)NC(CC(=O)OC)Cc1ccc(F)c(F)c1. The summed E-state index contributed by atoms with van der Waals surface area (Å²) in [5.41, 5.74) is 0.647. The van der Waals surface area contributed by atoms with Gasteiger partial charge in [0.15, 0.2) is 11.6 Å². The fourth-order valence-electron chi connectivity index (χ4n) is 1.95. The van der Waals surface area contributed by atoms with Gasteiger partial charge in [-0.2, -0.15) is 0 Å². The molecule has 5 heteroatoms.